The minimum atomic E-state index is -1.10. The standard InChI is InChI=1S/C30H34N4O5/c35-26(20-9-4-5-10-20)18-33-25-16-7-6-15-24(25)28(21-11-2-1-3-12-21)32-34(30(33)39)19-27(36)31-23-14-8-13-22(17-23)29(37)38/h6-8,13-17,20-21H,1-5,9-12,18-19H2,(H,31,36)(H,37,38). The summed E-state index contributed by atoms with van der Waals surface area (Å²) in [5.41, 5.74) is 2.61. The lowest BCUT2D eigenvalue weighted by atomic mass is 9.83. The molecule has 2 fully saturated rings. The molecule has 0 radical (unpaired) electrons. The summed E-state index contributed by atoms with van der Waals surface area (Å²) >= 11 is 0. The van der Waals surface area contributed by atoms with Crippen LogP contribution in [0, 0.1) is 11.8 Å². The highest BCUT2D eigenvalue weighted by Crippen LogP contribution is 2.35. The van der Waals surface area contributed by atoms with Crippen molar-refractivity contribution in [2.45, 2.75) is 57.8 Å². The molecule has 204 valence electrons. The average molecular weight is 531 g/mol. The van der Waals surface area contributed by atoms with Crippen molar-refractivity contribution in [2.75, 3.05) is 23.3 Å². The number of amides is 3. The lowest BCUT2D eigenvalue weighted by molar-refractivity contribution is -0.121. The lowest BCUT2D eigenvalue weighted by Gasteiger charge is -2.26. The molecule has 0 bridgehead atoms. The Hall–Kier alpha value is -4.01. The Kier molecular flexibility index (Phi) is 8.05. The predicted molar refractivity (Wildman–Crippen MR) is 148 cm³/mol. The van der Waals surface area contributed by atoms with E-state index >= 15 is 0 Å². The number of nitrogens with one attached hydrogen (secondary N) is 1. The number of benzene rings is 2. The van der Waals surface area contributed by atoms with E-state index in [1.807, 2.05) is 24.3 Å². The van der Waals surface area contributed by atoms with Gasteiger partial charge in [-0.05, 0) is 49.9 Å². The Morgan fingerprint density at radius 3 is 2.36 bits per heavy atom. The van der Waals surface area contributed by atoms with E-state index in [4.69, 9.17) is 5.10 Å². The van der Waals surface area contributed by atoms with Crippen molar-refractivity contribution in [2.24, 2.45) is 16.9 Å². The number of rotatable bonds is 8. The van der Waals surface area contributed by atoms with E-state index in [1.165, 1.54) is 22.0 Å². The Labute approximate surface area is 227 Å². The number of hydrogen-bond donors (Lipinski definition) is 2. The second-order valence-corrected chi connectivity index (χ2v) is 10.6. The van der Waals surface area contributed by atoms with Crippen LogP contribution in [0.1, 0.15) is 73.7 Å². The number of nitrogens with zero attached hydrogens (tertiary/aromatic N) is 3. The SMILES string of the molecule is O=C(CN1N=C(C2CCCCC2)c2ccccc2N(CC(=O)C2CCCC2)C1=O)Nc1cccc(C(=O)O)c1. The van der Waals surface area contributed by atoms with Gasteiger partial charge in [-0.1, -0.05) is 56.4 Å². The van der Waals surface area contributed by atoms with E-state index in [2.05, 4.69) is 5.32 Å². The summed E-state index contributed by atoms with van der Waals surface area (Å²) in [5, 5.41) is 17.9. The predicted octanol–water partition coefficient (Wildman–Crippen LogP) is 5.31. The molecule has 2 N–H and O–H groups in total. The number of carboxylic acid groups (broad SMARTS) is 1. The number of carbonyl (C=O) groups excluding carboxylic acids is 3. The first kappa shape index (κ1) is 26.6. The van der Waals surface area contributed by atoms with E-state index in [0.29, 0.717) is 11.4 Å². The van der Waals surface area contributed by atoms with Gasteiger partial charge in [-0.15, -0.1) is 0 Å². The van der Waals surface area contributed by atoms with Gasteiger partial charge in [0, 0.05) is 23.1 Å². The molecular formula is C30H34N4O5. The molecule has 1 heterocycles. The summed E-state index contributed by atoms with van der Waals surface area (Å²) in [5.74, 6) is -1.48. The Bertz CT molecular complexity index is 1290. The van der Waals surface area contributed by atoms with Crippen molar-refractivity contribution < 1.29 is 24.3 Å². The molecule has 3 amide bonds. The van der Waals surface area contributed by atoms with Crippen molar-refractivity contribution in [1.82, 2.24) is 5.01 Å². The molecule has 0 atom stereocenters. The van der Waals surface area contributed by atoms with Crippen molar-refractivity contribution in [3.05, 3.63) is 59.7 Å². The third kappa shape index (κ3) is 6.02. The fraction of sp³-hybridized carbons (Fsp3) is 0.433. The van der Waals surface area contributed by atoms with Crippen molar-refractivity contribution in [3.63, 3.8) is 0 Å². The number of Topliss-reactive ketones (excluding diaryl/α,β-unsaturated/α-hetero) is 1. The van der Waals surface area contributed by atoms with Gasteiger partial charge in [0.15, 0.2) is 5.78 Å². The van der Waals surface area contributed by atoms with Gasteiger partial charge in [0.25, 0.3) is 0 Å². The maximum Gasteiger partial charge on any atom is 0.345 e. The monoisotopic (exact) mass is 530 g/mol. The molecule has 2 aromatic carbocycles. The summed E-state index contributed by atoms with van der Waals surface area (Å²) in [6, 6.07) is 13.0. The first-order chi connectivity index (χ1) is 18.9. The van der Waals surface area contributed by atoms with E-state index in [0.717, 1.165) is 69.1 Å². The largest absolute Gasteiger partial charge is 0.478 e. The normalized spacial score (nSPS) is 18.4. The molecule has 9 heteroatoms. The molecule has 3 aliphatic rings. The molecule has 1 aliphatic heterocycles. The summed E-state index contributed by atoms with van der Waals surface area (Å²) < 4.78 is 0. The fourth-order valence-corrected chi connectivity index (χ4v) is 5.93. The van der Waals surface area contributed by atoms with Crippen LogP contribution in [-0.2, 0) is 9.59 Å². The Balaban J connectivity index is 1.46. The van der Waals surface area contributed by atoms with Gasteiger partial charge < -0.3 is 10.4 Å². The number of para-hydroxylation sites is 1. The zero-order valence-electron chi connectivity index (χ0n) is 22.0. The van der Waals surface area contributed by atoms with Crippen LogP contribution in [-0.4, -0.2) is 52.6 Å². The molecule has 0 spiro atoms. The van der Waals surface area contributed by atoms with Crippen LogP contribution in [0.15, 0.2) is 53.6 Å². The average Bonchev–Trinajstić information content (AvgIpc) is 3.46. The Morgan fingerprint density at radius 2 is 1.62 bits per heavy atom. The number of hydrazone groups is 1. The van der Waals surface area contributed by atoms with Crippen molar-refractivity contribution in [1.29, 1.82) is 0 Å². The van der Waals surface area contributed by atoms with Crippen molar-refractivity contribution >= 4 is 40.8 Å². The van der Waals surface area contributed by atoms with E-state index in [1.54, 1.807) is 12.1 Å². The maximum atomic E-state index is 14.0. The van der Waals surface area contributed by atoms with E-state index < -0.39 is 17.9 Å². The number of carboxylic acids is 1. The van der Waals surface area contributed by atoms with Gasteiger partial charge in [0.1, 0.15) is 6.54 Å². The fourth-order valence-electron chi connectivity index (χ4n) is 5.93. The van der Waals surface area contributed by atoms with Gasteiger partial charge >= 0.3 is 12.0 Å². The first-order valence-corrected chi connectivity index (χ1v) is 13.8. The summed E-state index contributed by atoms with van der Waals surface area (Å²) in [4.78, 5) is 53.1. The number of aromatic carboxylic acids is 1. The van der Waals surface area contributed by atoms with E-state index in [-0.39, 0.29) is 36.3 Å². The number of anilines is 2. The smallest absolute Gasteiger partial charge is 0.345 e. The van der Waals surface area contributed by atoms with Crippen LogP contribution >= 0.6 is 0 Å². The molecule has 0 aromatic heterocycles. The van der Waals surface area contributed by atoms with Gasteiger partial charge in [-0.25, -0.2) is 14.6 Å². The van der Waals surface area contributed by atoms with Crippen LogP contribution in [0.5, 0.6) is 0 Å². The van der Waals surface area contributed by atoms with Gasteiger partial charge in [-0.2, -0.15) is 5.10 Å². The van der Waals surface area contributed by atoms with Crippen LogP contribution < -0.4 is 10.2 Å². The Morgan fingerprint density at radius 1 is 0.897 bits per heavy atom. The quantitative estimate of drug-likeness (QED) is 0.479. The zero-order valence-corrected chi connectivity index (χ0v) is 22.0. The molecule has 9 nitrogen and oxygen atoms in total. The molecule has 0 unspecified atom stereocenters. The molecule has 5 rings (SSSR count). The second kappa shape index (κ2) is 11.8. The number of ketones is 1. The number of fused-ring (bicyclic) bond motifs is 1. The highest BCUT2D eigenvalue weighted by Gasteiger charge is 2.36. The minimum Gasteiger partial charge on any atom is -0.478 e. The number of carbonyl (C=O) groups is 4. The highest BCUT2D eigenvalue weighted by molar-refractivity contribution is 6.13. The number of hydrogen-bond acceptors (Lipinski definition) is 5. The lowest BCUT2D eigenvalue weighted by Crippen LogP contribution is -2.46. The summed E-state index contributed by atoms with van der Waals surface area (Å²) in [6.45, 7) is -0.429. The van der Waals surface area contributed by atoms with Crippen LogP contribution in [0.3, 0.4) is 0 Å². The maximum absolute atomic E-state index is 14.0. The summed E-state index contributed by atoms with van der Waals surface area (Å²) in [7, 11) is 0. The molecule has 2 saturated carbocycles. The molecule has 0 saturated heterocycles. The van der Waals surface area contributed by atoms with Gasteiger partial charge in [0.2, 0.25) is 5.91 Å². The molecule has 39 heavy (non-hydrogen) atoms. The topological polar surface area (TPSA) is 119 Å². The van der Waals surface area contributed by atoms with Crippen LogP contribution in [0.2, 0.25) is 0 Å². The van der Waals surface area contributed by atoms with Crippen molar-refractivity contribution in [3.8, 4) is 0 Å². The third-order valence-corrected chi connectivity index (χ3v) is 7.95. The highest BCUT2D eigenvalue weighted by atomic mass is 16.4. The molecule has 2 aromatic rings. The zero-order chi connectivity index (χ0) is 27.4. The number of urea groups is 1. The van der Waals surface area contributed by atoms with Gasteiger partial charge in [-0.3, -0.25) is 14.5 Å². The van der Waals surface area contributed by atoms with Gasteiger partial charge in [0.05, 0.1) is 23.5 Å². The van der Waals surface area contributed by atoms with Crippen LogP contribution in [0.4, 0.5) is 16.2 Å². The first-order valence-electron chi connectivity index (χ1n) is 13.8. The minimum absolute atomic E-state index is 0.0339. The molecular weight excluding hydrogens is 496 g/mol. The summed E-state index contributed by atoms with van der Waals surface area (Å²) in [6.07, 6.45) is 8.93. The van der Waals surface area contributed by atoms with E-state index in [9.17, 15) is 24.3 Å². The molecule has 2 aliphatic carbocycles. The third-order valence-electron chi connectivity index (χ3n) is 7.95. The second-order valence-electron chi connectivity index (χ2n) is 10.6. The van der Waals surface area contributed by atoms with Crippen LogP contribution in [0.25, 0.3) is 0 Å².